The van der Waals surface area contributed by atoms with E-state index in [2.05, 4.69) is 10.3 Å². The van der Waals surface area contributed by atoms with Crippen molar-refractivity contribution in [2.24, 2.45) is 12.0 Å². The van der Waals surface area contributed by atoms with Crippen LogP contribution in [-0.2, 0) is 29.9 Å². The fourth-order valence-electron chi connectivity index (χ4n) is 4.72. The van der Waals surface area contributed by atoms with E-state index in [1.807, 2.05) is 37.2 Å². The zero-order valence-electron chi connectivity index (χ0n) is 22.1. The molecule has 0 radical (unpaired) electrons. The summed E-state index contributed by atoms with van der Waals surface area (Å²) < 4.78 is 55.8. The van der Waals surface area contributed by atoms with E-state index in [-0.39, 0.29) is 42.0 Å². The van der Waals surface area contributed by atoms with E-state index in [1.54, 1.807) is 6.07 Å². The molecule has 4 rings (SSSR count). The molecule has 0 bridgehead atoms. The molecule has 38 heavy (non-hydrogen) atoms. The molecule has 1 N–H and O–H groups in total. The summed E-state index contributed by atoms with van der Waals surface area (Å²) in [6.07, 6.45) is -2.87. The van der Waals surface area contributed by atoms with Gasteiger partial charge in [-0.05, 0) is 31.0 Å². The minimum absolute atomic E-state index is 0.0115. The second kappa shape index (κ2) is 10.8. The second-order valence-corrected chi connectivity index (χ2v) is 10.6. The molecule has 2 aromatic rings. The SMILES string of the molecule is Cn1c(C(C)(C)C)cc(=NC(=O)c2cc(C(F)(F)F)ccc2OCCN2CCNC2=O)n1C[C@H]1CCCO1. The summed E-state index contributed by atoms with van der Waals surface area (Å²) in [5.41, 5.74) is -0.300. The highest BCUT2D eigenvalue weighted by molar-refractivity contribution is 5.97. The monoisotopic (exact) mass is 537 g/mol. The van der Waals surface area contributed by atoms with Crippen LogP contribution in [0.2, 0.25) is 0 Å². The average Bonchev–Trinajstić information content (AvgIpc) is 3.56. The van der Waals surface area contributed by atoms with Gasteiger partial charge in [-0.25, -0.2) is 4.79 Å². The number of carbonyl (C=O) groups excluding carboxylic acids is 2. The zero-order valence-corrected chi connectivity index (χ0v) is 22.1. The molecule has 1 atom stereocenters. The Morgan fingerprint density at radius 2 is 2.00 bits per heavy atom. The van der Waals surface area contributed by atoms with E-state index in [1.165, 1.54) is 4.90 Å². The predicted octanol–water partition coefficient (Wildman–Crippen LogP) is 3.47. The first kappa shape index (κ1) is 27.7. The van der Waals surface area contributed by atoms with Crippen LogP contribution in [0.4, 0.5) is 18.0 Å². The van der Waals surface area contributed by atoms with Crippen LogP contribution in [0.25, 0.3) is 0 Å². The molecule has 1 aromatic heterocycles. The lowest BCUT2D eigenvalue weighted by atomic mass is 9.92. The van der Waals surface area contributed by atoms with E-state index >= 15 is 0 Å². The van der Waals surface area contributed by atoms with Gasteiger partial charge in [0.05, 0.1) is 30.3 Å². The number of carbonyl (C=O) groups is 2. The lowest BCUT2D eigenvalue weighted by molar-refractivity contribution is -0.137. The normalized spacial score (nSPS) is 18.8. The van der Waals surface area contributed by atoms with Gasteiger partial charge in [-0.15, -0.1) is 0 Å². The number of nitrogens with one attached hydrogen (secondary N) is 1. The Kier molecular flexibility index (Phi) is 7.91. The summed E-state index contributed by atoms with van der Waals surface area (Å²) in [5, 5.41) is 2.67. The molecule has 3 amide bonds. The molecule has 0 unspecified atom stereocenters. The molecule has 9 nitrogen and oxygen atoms in total. The number of benzene rings is 1. The molecule has 2 aliphatic heterocycles. The third-order valence-electron chi connectivity index (χ3n) is 6.73. The van der Waals surface area contributed by atoms with Gasteiger partial charge in [0.15, 0.2) is 5.49 Å². The smallest absolute Gasteiger partial charge is 0.416 e. The van der Waals surface area contributed by atoms with Crippen molar-refractivity contribution in [3.05, 3.63) is 46.6 Å². The molecular weight excluding hydrogens is 503 g/mol. The number of ether oxygens (including phenoxy) is 2. The Bertz CT molecular complexity index is 1250. The van der Waals surface area contributed by atoms with Crippen LogP contribution in [0.15, 0.2) is 29.3 Å². The van der Waals surface area contributed by atoms with Gasteiger partial charge in [0.1, 0.15) is 12.4 Å². The fourth-order valence-corrected chi connectivity index (χ4v) is 4.72. The van der Waals surface area contributed by atoms with Gasteiger partial charge in [0.25, 0.3) is 5.91 Å². The van der Waals surface area contributed by atoms with E-state index < -0.39 is 17.6 Å². The van der Waals surface area contributed by atoms with Crippen LogP contribution in [0.3, 0.4) is 0 Å². The van der Waals surface area contributed by atoms with Crippen molar-refractivity contribution in [1.29, 1.82) is 0 Å². The quantitative estimate of drug-likeness (QED) is 0.586. The van der Waals surface area contributed by atoms with Crippen molar-refractivity contribution < 1.29 is 32.2 Å². The van der Waals surface area contributed by atoms with Crippen molar-refractivity contribution >= 4 is 11.9 Å². The van der Waals surface area contributed by atoms with Crippen molar-refractivity contribution in [3.63, 3.8) is 0 Å². The molecule has 3 heterocycles. The van der Waals surface area contributed by atoms with E-state index in [0.717, 1.165) is 36.7 Å². The minimum Gasteiger partial charge on any atom is -0.491 e. The summed E-state index contributed by atoms with van der Waals surface area (Å²) in [7, 11) is 1.87. The largest absolute Gasteiger partial charge is 0.491 e. The highest BCUT2D eigenvalue weighted by Crippen LogP contribution is 2.33. The first-order valence-corrected chi connectivity index (χ1v) is 12.7. The van der Waals surface area contributed by atoms with E-state index in [9.17, 15) is 22.8 Å². The van der Waals surface area contributed by atoms with Gasteiger partial charge in [0, 0.05) is 43.9 Å². The van der Waals surface area contributed by atoms with Gasteiger partial charge in [0.2, 0.25) is 0 Å². The maximum Gasteiger partial charge on any atom is 0.416 e. The molecular formula is C26H34F3N5O4. The lowest BCUT2D eigenvalue weighted by Crippen LogP contribution is -2.32. The second-order valence-electron chi connectivity index (χ2n) is 10.6. The predicted molar refractivity (Wildman–Crippen MR) is 133 cm³/mol. The summed E-state index contributed by atoms with van der Waals surface area (Å²) >= 11 is 0. The highest BCUT2D eigenvalue weighted by Gasteiger charge is 2.32. The van der Waals surface area contributed by atoms with E-state index in [4.69, 9.17) is 9.47 Å². The van der Waals surface area contributed by atoms with Crippen LogP contribution in [0, 0.1) is 0 Å². The maximum absolute atomic E-state index is 13.5. The number of aromatic nitrogens is 2. The van der Waals surface area contributed by atoms with Crippen molar-refractivity contribution in [2.45, 2.75) is 57.9 Å². The Labute approximate surface area is 219 Å². The number of amides is 3. The Morgan fingerprint density at radius 3 is 2.61 bits per heavy atom. The Balaban J connectivity index is 1.69. The third-order valence-corrected chi connectivity index (χ3v) is 6.73. The van der Waals surface area contributed by atoms with Crippen LogP contribution in [0.5, 0.6) is 5.75 Å². The van der Waals surface area contributed by atoms with Crippen LogP contribution in [0.1, 0.15) is 55.2 Å². The van der Waals surface area contributed by atoms with Crippen LogP contribution >= 0.6 is 0 Å². The molecule has 2 aliphatic rings. The van der Waals surface area contributed by atoms with Gasteiger partial charge in [-0.3, -0.25) is 14.2 Å². The number of nitrogens with zero attached hydrogens (tertiary/aromatic N) is 4. The Hall–Kier alpha value is -3.28. The summed E-state index contributed by atoms with van der Waals surface area (Å²) in [4.78, 5) is 31.0. The van der Waals surface area contributed by atoms with Crippen LogP contribution in [-0.4, -0.2) is 65.2 Å². The standard InChI is InChI=1S/C26H34F3N5O4/c1-25(2,3)21-15-22(34(32(21)4)16-18-6-5-12-37-18)31-23(35)19-14-17(26(27,28)29)7-8-20(19)38-13-11-33-10-9-30-24(33)36/h7-8,14-15,18H,5-6,9-13,16H2,1-4H3,(H,30,36)/t18-/m1/s1. The van der Waals surface area contributed by atoms with Crippen LogP contribution < -0.4 is 15.5 Å². The topological polar surface area (TPSA) is 90.1 Å². The molecule has 0 saturated carbocycles. The first-order chi connectivity index (χ1) is 17.8. The van der Waals surface area contributed by atoms with Gasteiger partial charge in [-0.2, -0.15) is 18.2 Å². The molecule has 0 aliphatic carbocycles. The number of hydrogen-bond donors (Lipinski definition) is 1. The van der Waals surface area contributed by atoms with Gasteiger partial charge >= 0.3 is 12.2 Å². The Morgan fingerprint density at radius 1 is 1.24 bits per heavy atom. The molecule has 0 spiro atoms. The third kappa shape index (κ3) is 6.23. The van der Waals surface area contributed by atoms with Gasteiger partial charge in [-0.1, -0.05) is 20.8 Å². The highest BCUT2D eigenvalue weighted by atomic mass is 19.4. The number of hydrogen-bond acceptors (Lipinski definition) is 4. The first-order valence-electron chi connectivity index (χ1n) is 12.7. The summed E-state index contributed by atoms with van der Waals surface area (Å²) in [6.45, 7) is 8.48. The summed E-state index contributed by atoms with van der Waals surface area (Å²) in [6, 6.07) is 4.31. The van der Waals surface area contributed by atoms with Crippen molar-refractivity contribution in [3.8, 4) is 5.75 Å². The molecule has 2 saturated heterocycles. The minimum atomic E-state index is -4.65. The molecule has 12 heteroatoms. The number of rotatable bonds is 7. The molecule has 208 valence electrons. The van der Waals surface area contributed by atoms with Crippen molar-refractivity contribution in [1.82, 2.24) is 19.6 Å². The molecule has 2 fully saturated rings. The average molecular weight is 538 g/mol. The lowest BCUT2D eigenvalue weighted by Gasteiger charge is -2.21. The number of urea groups is 1. The maximum atomic E-state index is 13.5. The van der Waals surface area contributed by atoms with Gasteiger partial charge < -0.3 is 19.7 Å². The fraction of sp³-hybridized carbons (Fsp3) is 0.577. The van der Waals surface area contributed by atoms with Crippen molar-refractivity contribution in [2.75, 3.05) is 32.8 Å². The number of halogens is 3. The molecule has 1 aromatic carbocycles. The number of alkyl halides is 3. The zero-order chi connectivity index (χ0) is 27.7. The summed E-state index contributed by atoms with van der Waals surface area (Å²) in [5.74, 6) is -0.874. The van der Waals surface area contributed by atoms with E-state index in [0.29, 0.717) is 31.7 Å².